The fourth-order valence-corrected chi connectivity index (χ4v) is 9.32. The molecule has 0 radical (unpaired) electrons. The minimum absolute atomic E-state index is 0.140. The van der Waals surface area contributed by atoms with Gasteiger partial charge in [-0.2, -0.15) is 45.3 Å². The molecule has 4 rings (SSSR count). The second-order valence-corrected chi connectivity index (χ2v) is 16.3. The predicted molar refractivity (Wildman–Crippen MR) is 176 cm³/mol. The minimum Gasteiger partial charge on any atom is -0.608 e. The van der Waals surface area contributed by atoms with Crippen LogP contribution < -0.4 is 0 Å². The van der Waals surface area contributed by atoms with Crippen LogP contribution in [0.2, 0.25) is 0 Å². The molecule has 4 atom stereocenters. The van der Waals surface area contributed by atoms with Crippen molar-refractivity contribution in [1.29, 1.82) is 0 Å². The first-order chi connectivity index (χ1) is 18.5. The third-order valence-corrected chi connectivity index (χ3v) is 12.6. The topological polar surface area (TPSA) is 92.2 Å². The van der Waals surface area contributed by atoms with Gasteiger partial charge in [0.15, 0.2) is 0 Å². The van der Waals surface area contributed by atoms with Crippen LogP contribution in [0.1, 0.15) is 22.3 Å². The molecule has 0 aliphatic heterocycles. The normalized spacial score (nSPS) is 15.3. The Morgan fingerprint density at radius 2 is 0.684 bits per heavy atom. The second kappa shape index (κ2) is 18.4. The van der Waals surface area contributed by atoms with Crippen molar-refractivity contribution in [2.24, 2.45) is 0 Å². The minimum atomic E-state index is -1.21. The Morgan fingerprint density at radius 1 is 0.447 bits per heavy atom. The van der Waals surface area contributed by atoms with Crippen LogP contribution >= 0.6 is 45.3 Å². The Morgan fingerprint density at radius 3 is 0.868 bits per heavy atom. The van der Waals surface area contributed by atoms with Gasteiger partial charge in [-0.3, -0.25) is 0 Å². The molecule has 0 spiro atoms. The van der Waals surface area contributed by atoms with Gasteiger partial charge in [0.1, 0.15) is 21.6 Å². The van der Waals surface area contributed by atoms with Gasteiger partial charge in [-0.05, 0) is 114 Å². The Hall–Kier alpha value is -1.00. The molecule has 4 aromatic rings. The number of hydrogen-bond donors (Lipinski definition) is 0. The Bertz CT molecular complexity index is 1040. The van der Waals surface area contributed by atoms with E-state index in [9.17, 15) is 18.2 Å². The highest BCUT2D eigenvalue weighted by Crippen LogP contribution is 2.14. The molecule has 0 aliphatic carbocycles. The van der Waals surface area contributed by atoms with Crippen LogP contribution in [-0.2, 0) is 44.7 Å². The van der Waals surface area contributed by atoms with Crippen LogP contribution in [0.4, 0.5) is 0 Å². The molecule has 0 fully saturated rings. The van der Waals surface area contributed by atoms with Crippen molar-refractivity contribution in [3.05, 3.63) is 111 Å². The maximum atomic E-state index is 11.7. The lowest BCUT2D eigenvalue weighted by molar-refractivity contribution is 0.594. The SMILES string of the molecule is [O-][S+](/C=C/c1ccsc1)C[S+]([O-])/C=C/c1ccsc1.[O-][S+](/C=C\c1ccsc1)C[S+]([O-])/C=C/c1ccsc1. The van der Waals surface area contributed by atoms with E-state index in [0.717, 1.165) is 22.3 Å². The van der Waals surface area contributed by atoms with E-state index in [1.807, 2.05) is 67.3 Å². The maximum Gasteiger partial charge on any atom is 0.262 e. The fraction of sp³-hybridized carbons (Fsp3) is 0.0769. The molecule has 4 heterocycles. The quantitative estimate of drug-likeness (QED) is 0.145. The molecule has 0 aromatic carbocycles. The summed E-state index contributed by atoms with van der Waals surface area (Å²) in [6.45, 7) is 0. The zero-order valence-corrected chi connectivity index (χ0v) is 26.4. The third-order valence-electron chi connectivity index (χ3n) is 4.29. The van der Waals surface area contributed by atoms with E-state index in [1.165, 1.54) is 0 Å². The Kier molecular flexibility index (Phi) is 15.2. The fourth-order valence-electron chi connectivity index (χ4n) is 2.48. The van der Waals surface area contributed by atoms with Crippen LogP contribution in [0.25, 0.3) is 24.3 Å². The van der Waals surface area contributed by atoms with Gasteiger partial charge in [-0.1, -0.05) is 0 Å². The predicted octanol–water partition coefficient (Wildman–Crippen LogP) is 7.81. The van der Waals surface area contributed by atoms with Gasteiger partial charge in [-0.15, -0.1) is 0 Å². The van der Waals surface area contributed by atoms with E-state index in [1.54, 1.807) is 91.3 Å². The zero-order chi connectivity index (χ0) is 27.0. The number of rotatable bonds is 12. The molecule has 4 nitrogen and oxygen atoms in total. The van der Waals surface area contributed by atoms with E-state index in [-0.39, 0.29) is 10.2 Å². The van der Waals surface area contributed by atoms with Crippen LogP contribution in [0.5, 0.6) is 0 Å². The van der Waals surface area contributed by atoms with Crippen molar-refractivity contribution >= 4 is 114 Å². The summed E-state index contributed by atoms with van der Waals surface area (Å²) in [6, 6.07) is 7.80. The molecule has 0 N–H and O–H groups in total. The molecule has 0 saturated carbocycles. The largest absolute Gasteiger partial charge is 0.608 e. The summed E-state index contributed by atoms with van der Waals surface area (Å²) in [4.78, 5) is 0. The van der Waals surface area contributed by atoms with Crippen molar-refractivity contribution < 1.29 is 18.2 Å². The highest BCUT2D eigenvalue weighted by molar-refractivity contribution is 8.11. The lowest BCUT2D eigenvalue weighted by atomic mass is 10.3. The molecule has 4 aromatic heterocycles. The standard InChI is InChI=1S/2C13H12O2S4/c2*14-18(7-3-12-1-5-16-9-12)11-19(15)8-4-13-2-6-17-10-13/h2*1-10H,11H2/b7-3+,8-4+;7-3-,8-4+. The van der Waals surface area contributed by atoms with E-state index in [4.69, 9.17) is 0 Å². The smallest absolute Gasteiger partial charge is 0.262 e. The lowest BCUT2D eigenvalue weighted by Gasteiger charge is -2.07. The van der Waals surface area contributed by atoms with E-state index < -0.39 is 44.7 Å². The molecule has 0 bridgehead atoms. The molecule has 4 unspecified atom stereocenters. The summed E-state index contributed by atoms with van der Waals surface area (Å²) in [6.07, 6.45) is 7.19. The molecule has 0 saturated heterocycles. The molecule has 200 valence electrons. The van der Waals surface area contributed by atoms with Gasteiger partial charge in [0, 0.05) is 44.7 Å². The van der Waals surface area contributed by atoms with Gasteiger partial charge in [0.25, 0.3) is 10.2 Å². The first-order valence-corrected chi connectivity index (χ1v) is 20.1. The molecule has 38 heavy (non-hydrogen) atoms. The number of thiophene rings is 4. The summed E-state index contributed by atoms with van der Waals surface area (Å²) in [5.74, 6) is 0. The van der Waals surface area contributed by atoms with Gasteiger partial charge in [-0.25, -0.2) is 0 Å². The van der Waals surface area contributed by atoms with E-state index in [0.29, 0.717) is 0 Å². The molecule has 0 amide bonds. The third kappa shape index (κ3) is 13.4. The lowest BCUT2D eigenvalue weighted by Crippen LogP contribution is -2.11. The second-order valence-electron chi connectivity index (χ2n) is 7.20. The highest BCUT2D eigenvalue weighted by Gasteiger charge is 2.12. The molecule has 0 aliphatic rings. The van der Waals surface area contributed by atoms with Gasteiger partial charge in [0.05, 0.1) is 0 Å². The molecule has 12 heteroatoms. The first-order valence-electron chi connectivity index (χ1n) is 10.8. The van der Waals surface area contributed by atoms with Crippen molar-refractivity contribution in [2.75, 3.05) is 10.2 Å². The summed E-state index contributed by atoms with van der Waals surface area (Å²) in [5, 5.41) is 22.4. The monoisotopic (exact) mass is 656 g/mol. The molecular formula is C26H24O4S8. The van der Waals surface area contributed by atoms with Gasteiger partial charge in [0.2, 0.25) is 0 Å². The summed E-state index contributed by atoms with van der Waals surface area (Å²) < 4.78 is 46.9. The average Bonchev–Trinajstić information content (AvgIpc) is 3.72. The van der Waals surface area contributed by atoms with Gasteiger partial charge < -0.3 is 18.2 Å². The zero-order valence-electron chi connectivity index (χ0n) is 19.9. The van der Waals surface area contributed by atoms with Gasteiger partial charge >= 0.3 is 0 Å². The van der Waals surface area contributed by atoms with Crippen molar-refractivity contribution in [3.63, 3.8) is 0 Å². The summed E-state index contributed by atoms with van der Waals surface area (Å²) in [5.41, 5.74) is 4.10. The van der Waals surface area contributed by atoms with Crippen molar-refractivity contribution in [1.82, 2.24) is 0 Å². The summed E-state index contributed by atoms with van der Waals surface area (Å²) in [7, 11) is 0. The summed E-state index contributed by atoms with van der Waals surface area (Å²) >= 11 is 1.53. The Balaban J connectivity index is 0.000000211. The average molecular weight is 657 g/mol. The highest BCUT2D eigenvalue weighted by atomic mass is 32.3. The Labute approximate surface area is 251 Å². The van der Waals surface area contributed by atoms with Crippen LogP contribution in [0.3, 0.4) is 0 Å². The van der Waals surface area contributed by atoms with Crippen LogP contribution in [0, 0.1) is 0 Å². The molecular weight excluding hydrogens is 633 g/mol. The van der Waals surface area contributed by atoms with Crippen molar-refractivity contribution in [2.45, 2.75) is 0 Å². The maximum absolute atomic E-state index is 11.7. The first kappa shape index (κ1) is 31.5. The van der Waals surface area contributed by atoms with Crippen molar-refractivity contribution in [3.8, 4) is 0 Å². The van der Waals surface area contributed by atoms with Crippen LogP contribution in [-0.4, -0.2) is 28.4 Å². The van der Waals surface area contributed by atoms with E-state index >= 15 is 0 Å². The number of hydrogen-bond acceptors (Lipinski definition) is 8. The van der Waals surface area contributed by atoms with Crippen LogP contribution in [0.15, 0.2) is 88.9 Å². The van der Waals surface area contributed by atoms with E-state index in [2.05, 4.69) is 0 Å².